The van der Waals surface area contributed by atoms with Gasteiger partial charge in [-0.25, -0.2) is 0 Å². The van der Waals surface area contributed by atoms with E-state index < -0.39 is 0 Å². The molecule has 0 aliphatic heterocycles. The third-order valence-electron chi connectivity index (χ3n) is 3.07. The van der Waals surface area contributed by atoms with Crippen molar-refractivity contribution in [1.29, 1.82) is 0 Å². The van der Waals surface area contributed by atoms with E-state index in [0.29, 0.717) is 6.54 Å². The minimum atomic E-state index is -0.318. The lowest BCUT2D eigenvalue weighted by Crippen LogP contribution is -2.31. The summed E-state index contributed by atoms with van der Waals surface area (Å²) in [6.07, 6.45) is 0.961. The molecule has 0 aliphatic carbocycles. The zero-order chi connectivity index (χ0) is 14.6. The molecule has 3 heteroatoms. The third kappa shape index (κ3) is 4.50. The molecule has 0 radical (unpaired) electrons. The first-order valence-electron chi connectivity index (χ1n) is 6.50. The van der Waals surface area contributed by atoms with Gasteiger partial charge in [0.2, 0.25) is 0 Å². The predicted octanol–water partition coefficient (Wildman–Crippen LogP) is 4.19. The Kier molecular flexibility index (Phi) is 5.36. The highest BCUT2D eigenvalue weighted by molar-refractivity contribution is 9.10. The van der Waals surface area contributed by atoms with Crippen LogP contribution in [0.15, 0.2) is 29.3 Å². The van der Waals surface area contributed by atoms with Crippen molar-refractivity contribution in [2.24, 2.45) is 5.41 Å². The van der Waals surface area contributed by atoms with E-state index in [0.717, 1.165) is 22.2 Å². The van der Waals surface area contributed by atoms with Crippen LogP contribution in [0, 0.1) is 5.41 Å². The van der Waals surface area contributed by atoms with E-state index in [9.17, 15) is 4.79 Å². The van der Waals surface area contributed by atoms with Crippen LogP contribution in [0.25, 0.3) is 5.70 Å². The van der Waals surface area contributed by atoms with Gasteiger partial charge in [0.15, 0.2) is 5.78 Å². The second kappa shape index (κ2) is 6.38. The molecule has 0 aromatic heterocycles. The highest BCUT2D eigenvalue weighted by Crippen LogP contribution is 2.22. The van der Waals surface area contributed by atoms with Gasteiger partial charge >= 0.3 is 0 Å². The molecule has 1 aromatic carbocycles. The summed E-state index contributed by atoms with van der Waals surface area (Å²) in [6.45, 7) is 12.2. The number of halogens is 1. The van der Waals surface area contributed by atoms with Gasteiger partial charge in [-0.3, -0.25) is 4.79 Å². The Morgan fingerprint density at radius 3 is 2.53 bits per heavy atom. The van der Waals surface area contributed by atoms with Gasteiger partial charge in [0, 0.05) is 15.6 Å². The van der Waals surface area contributed by atoms with Crippen molar-refractivity contribution in [2.45, 2.75) is 34.1 Å². The fraction of sp³-hybridized carbons (Fsp3) is 0.438. The Labute approximate surface area is 124 Å². The van der Waals surface area contributed by atoms with Crippen LogP contribution in [0.1, 0.15) is 38.8 Å². The molecule has 2 nitrogen and oxygen atoms in total. The maximum absolute atomic E-state index is 11.9. The van der Waals surface area contributed by atoms with Gasteiger partial charge in [-0.05, 0) is 29.7 Å². The van der Waals surface area contributed by atoms with E-state index in [1.165, 1.54) is 5.56 Å². The average molecular weight is 324 g/mol. The van der Waals surface area contributed by atoms with Crippen molar-refractivity contribution in [3.8, 4) is 0 Å². The number of carbonyl (C=O) groups is 1. The number of benzene rings is 1. The number of hydrogen-bond donors (Lipinski definition) is 1. The van der Waals surface area contributed by atoms with Crippen LogP contribution in [0.3, 0.4) is 0 Å². The molecule has 19 heavy (non-hydrogen) atoms. The summed E-state index contributed by atoms with van der Waals surface area (Å²) in [4.78, 5) is 11.9. The van der Waals surface area contributed by atoms with Gasteiger partial charge in [-0.15, -0.1) is 0 Å². The number of Topliss-reactive ketones (excluding diaryl/α,β-unsaturated/α-hetero) is 1. The number of hydrogen-bond acceptors (Lipinski definition) is 2. The minimum Gasteiger partial charge on any atom is -0.378 e. The summed E-state index contributed by atoms with van der Waals surface area (Å²) in [5, 5.41) is 3.12. The second-order valence-corrected chi connectivity index (χ2v) is 6.52. The summed E-state index contributed by atoms with van der Waals surface area (Å²) < 4.78 is 1.11. The third-order valence-corrected chi connectivity index (χ3v) is 3.85. The van der Waals surface area contributed by atoms with Gasteiger partial charge in [-0.1, -0.05) is 56.3 Å². The maximum Gasteiger partial charge on any atom is 0.157 e. The first-order valence-corrected chi connectivity index (χ1v) is 7.30. The standard InChI is InChI=1S/C16H22BrNO/c1-6-12-9-13(7-8-14(12)17)11(2)18-10-15(19)16(3,4)5/h7-9,18H,2,6,10H2,1,3-5H3. The normalized spacial score (nSPS) is 11.2. The Morgan fingerprint density at radius 2 is 2.00 bits per heavy atom. The van der Waals surface area contributed by atoms with Crippen LogP contribution in [-0.2, 0) is 11.2 Å². The van der Waals surface area contributed by atoms with Crippen molar-refractivity contribution in [1.82, 2.24) is 5.32 Å². The predicted molar refractivity (Wildman–Crippen MR) is 85.0 cm³/mol. The molecular weight excluding hydrogens is 302 g/mol. The van der Waals surface area contributed by atoms with E-state index in [2.05, 4.69) is 40.8 Å². The zero-order valence-corrected chi connectivity index (χ0v) is 13.7. The van der Waals surface area contributed by atoms with E-state index in [1.807, 2.05) is 32.9 Å². The number of ketones is 1. The Hall–Kier alpha value is -1.09. The molecule has 0 heterocycles. The molecule has 104 valence electrons. The van der Waals surface area contributed by atoms with Crippen LogP contribution < -0.4 is 5.32 Å². The first-order chi connectivity index (χ1) is 8.75. The molecule has 0 bridgehead atoms. The van der Waals surface area contributed by atoms with Crippen LogP contribution in [0.2, 0.25) is 0 Å². The molecule has 0 saturated carbocycles. The number of aryl methyl sites for hydroxylation is 1. The van der Waals surface area contributed by atoms with Crippen molar-refractivity contribution >= 4 is 27.4 Å². The molecule has 0 amide bonds. The fourth-order valence-corrected chi connectivity index (χ4v) is 2.11. The lowest BCUT2D eigenvalue weighted by atomic mass is 9.91. The van der Waals surface area contributed by atoms with Crippen molar-refractivity contribution in [3.63, 3.8) is 0 Å². The highest BCUT2D eigenvalue weighted by atomic mass is 79.9. The average Bonchev–Trinajstić information content (AvgIpc) is 2.34. The molecule has 0 aliphatic rings. The van der Waals surface area contributed by atoms with Gasteiger partial charge in [-0.2, -0.15) is 0 Å². The quantitative estimate of drug-likeness (QED) is 0.880. The van der Waals surface area contributed by atoms with Crippen LogP contribution in [0.5, 0.6) is 0 Å². The molecule has 0 atom stereocenters. The molecule has 1 N–H and O–H groups in total. The smallest absolute Gasteiger partial charge is 0.157 e. The molecule has 0 fully saturated rings. The van der Waals surface area contributed by atoms with E-state index >= 15 is 0 Å². The largest absolute Gasteiger partial charge is 0.378 e. The molecule has 0 spiro atoms. The van der Waals surface area contributed by atoms with E-state index in [4.69, 9.17) is 0 Å². The van der Waals surface area contributed by atoms with Gasteiger partial charge in [0.25, 0.3) is 0 Å². The Morgan fingerprint density at radius 1 is 1.37 bits per heavy atom. The summed E-state index contributed by atoms with van der Waals surface area (Å²) >= 11 is 3.52. The van der Waals surface area contributed by atoms with E-state index in [1.54, 1.807) is 0 Å². The molecule has 0 saturated heterocycles. The number of carbonyl (C=O) groups excluding carboxylic acids is 1. The first kappa shape index (κ1) is 16.0. The summed E-state index contributed by atoms with van der Waals surface area (Å²) in [6, 6.07) is 6.12. The minimum absolute atomic E-state index is 0.182. The molecule has 1 aromatic rings. The Bertz CT molecular complexity index is 486. The van der Waals surface area contributed by atoms with Crippen LogP contribution >= 0.6 is 15.9 Å². The Balaban J connectivity index is 2.72. The lowest BCUT2D eigenvalue weighted by molar-refractivity contribution is -0.125. The lowest BCUT2D eigenvalue weighted by Gasteiger charge is -2.18. The van der Waals surface area contributed by atoms with Gasteiger partial charge in [0.1, 0.15) is 0 Å². The van der Waals surface area contributed by atoms with Crippen LogP contribution in [-0.4, -0.2) is 12.3 Å². The van der Waals surface area contributed by atoms with Gasteiger partial charge < -0.3 is 5.32 Å². The van der Waals surface area contributed by atoms with Crippen molar-refractivity contribution in [3.05, 3.63) is 40.4 Å². The highest BCUT2D eigenvalue weighted by Gasteiger charge is 2.20. The summed E-state index contributed by atoms with van der Waals surface area (Å²) in [7, 11) is 0. The zero-order valence-electron chi connectivity index (χ0n) is 12.1. The topological polar surface area (TPSA) is 29.1 Å². The monoisotopic (exact) mass is 323 g/mol. The fourth-order valence-electron chi connectivity index (χ4n) is 1.59. The molecule has 1 rings (SSSR count). The SMILES string of the molecule is C=C(NCC(=O)C(C)(C)C)c1ccc(Br)c(CC)c1. The number of nitrogens with one attached hydrogen (secondary N) is 1. The summed E-state index contributed by atoms with van der Waals surface area (Å²) in [5.41, 5.74) is 2.74. The second-order valence-electron chi connectivity index (χ2n) is 5.67. The maximum atomic E-state index is 11.9. The van der Waals surface area contributed by atoms with Crippen molar-refractivity contribution in [2.75, 3.05) is 6.54 Å². The van der Waals surface area contributed by atoms with Crippen LogP contribution in [0.4, 0.5) is 0 Å². The summed E-state index contributed by atoms with van der Waals surface area (Å²) in [5.74, 6) is 0.182. The van der Waals surface area contributed by atoms with Crippen molar-refractivity contribution < 1.29 is 4.79 Å². The number of rotatable bonds is 5. The molecular formula is C16H22BrNO. The van der Waals surface area contributed by atoms with E-state index in [-0.39, 0.29) is 11.2 Å². The molecule has 0 unspecified atom stereocenters. The van der Waals surface area contributed by atoms with Gasteiger partial charge in [0.05, 0.1) is 6.54 Å².